The summed E-state index contributed by atoms with van der Waals surface area (Å²) < 4.78 is 0. The number of carbonyl (C=O) groups excluding carboxylic acids is 4. The third-order valence-corrected chi connectivity index (χ3v) is 8.19. The van der Waals surface area contributed by atoms with E-state index in [0.29, 0.717) is 45.2 Å². The highest BCUT2D eigenvalue weighted by molar-refractivity contribution is 6.08. The van der Waals surface area contributed by atoms with E-state index >= 15 is 0 Å². The fourth-order valence-corrected chi connectivity index (χ4v) is 5.74. The molecule has 10 heteroatoms. The van der Waals surface area contributed by atoms with Crippen molar-refractivity contribution in [3.05, 3.63) is 71.8 Å². The first-order valence-corrected chi connectivity index (χ1v) is 14.8. The van der Waals surface area contributed by atoms with Crippen LogP contribution in [-0.2, 0) is 32.2 Å². The summed E-state index contributed by atoms with van der Waals surface area (Å²) in [6, 6.07) is 18.8. The molecule has 3 N–H and O–H groups in total. The van der Waals surface area contributed by atoms with Crippen molar-refractivity contribution in [3.8, 4) is 0 Å². The molecule has 42 heavy (non-hydrogen) atoms. The Kier molecular flexibility index (Phi) is 10.7. The lowest BCUT2D eigenvalue weighted by Gasteiger charge is -2.35. The van der Waals surface area contributed by atoms with Crippen molar-refractivity contribution in [1.82, 2.24) is 26.1 Å². The highest BCUT2D eigenvalue weighted by Crippen LogP contribution is 2.30. The number of urea groups is 1. The molecule has 0 aromatic heterocycles. The van der Waals surface area contributed by atoms with Gasteiger partial charge in [0.05, 0.1) is 18.4 Å². The molecule has 2 atom stereocenters. The second kappa shape index (κ2) is 14.4. The molecule has 0 aliphatic carbocycles. The van der Waals surface area contributed by atoms with Crippen molar-refractivity contribution in [2.45, 2.75) is 64.5 Å². The van der Waals surface area contributed by atoms with Crippen molar-refractivity contribution in [1.29, 1.82) is 0 Å². The molecular weight excluding hydrogens is 534 g/mol. The molecule has 0 saturated carbocycles. The van der Waals surface area contributed by atoms with Gasteiger partial charge in [-0.1, -0.05) is 74.5 Å². The van der Waals surface area contributed by atoms with E-state index in [0.717, 1.165) is 22.6 Å². The standard InChI is InChI=1S/C32H43N5O5/c1-23(2)21-27(28(38)34-37-30(40)32(33-31(37)41)17-19-36(3)20-18-32)26(16-10-15-24-11-6-4-7-12-24)29(39)35-42-22-25-13-8-5-9-14-25/h4-9,11-14,23,26-27H,10,15-22H2,1-3H3,(H,33,41)(H,34,38)(H,35,39). The minimum atomic E-state index is -1.01. The van der Waals surface area contributed by atoms with Crippen LogP contribution < -0.4 is 16.2 Å². The molecule has 2 aliphatic rings. The lowest BCUT2D eigenvalue weighted by Crippen LogP contribution is -2.56. The number of aryl methyl sites for hydroxylation is 1. The van der Waals surface area contributed by atoms with Crippen LogP contribution in [0.5, 0.6) is 0 Å². The zero-order valence-electron chi connectivity index (χ0n) is 24.8. The quantitative estimate of drug-likeness (QED) is 0.247. The lowest BCUT2D eigenvalue weighted by atomic mass is 9.81. The smallest absolute Gasteiger partial charge is 0.321 e. The Labute approximate surface area is 248 Å². The number of carbonyl (C=O) groups is 4. The molecule has 2 fully saturated rings. The summed E-state index contributed by atoms with van der Waals surface area (Å²) in [6.45, 7) is 5.47. The van der Waals surface area contributed by atoms with Crippen molar-refractivity contribution >= 4 is 23.8 Å². The molecule has 1 spiro atoms. The van der Waals surface area contributed by atoms with E-state index in [1.54, 1.807) is 0 Å². The number of benzene rings is 2. The third kappa shape index (κ3) is 7.95. The summed E-state index contributed by atoms with van der Waals surface area (Å²) in [6.07, 6.45) is 3.18. The SMILES string of the molecule is CC(C)CC(C(=O)NN1C(=O)NC2(CCN(C)CC2)C1=O)C(CCCc1ccccc1)C(=O)NOCc1ccccc1. The molecule has 0 bridgehead atoms. The van der Waals surface area contributed by atoms with Gasteiger partial charge < -0.3 is 10.2 Å². The summed E-state index contributed by atoms with van der Waals surface area (Å²) in [7, 11) is 1.97. The summed E-state index contributed by atoms with van der Waals surface area (Å²) in [5.41, 5.74) is 6.19. The number of amides is 5. The Bertz CT molecular complexity index is 1210. The van der Waals surface area contributed by atoms with Crippen LogP contribution in [0.4, 0.5) is 4.79 Å². The zero-order valence-corrected chi connectivity index (χ0v) is 24.8. The van der Waals surface area contributed by atoms with E-state index in [9.17, 15) is 19.2 Å². The molecule has 2 aromatic carbocycles. The van der Waals surface area contributed by atoms with Crippen LogP contribution >= 0.6 is 0 Å². The predicted octanol–water partition coefficient (Wildman–Crippen LogP) is 3.58. The van der Waals surface area contributed by atoms with Crippen LogP contribution in [0.1, 0.15) is 57.1 Å². The minimum absolute atomic E-state index is 0.0822. The van der Waals surface area contributed by atoms with Crippen LogP contribution in [0.25, 0.3) is 0 Å². The molecule has 0 radical (unpaired) electrons. The summed E-state index contributed by atoms with van der Waals surface area (Å²) >= 11 is 0. The van der Waals surface area contributed by atoms with Crippen LogP contribution in [0, 0.1) is 17.8 Å². The van der Waals surface area contributed by atoms with Gasteiger partial charge in [-0.05, 0) is 62.6 Å². The number of nitrogens with one attached hydrogen (secondary N) is 3. The largest absolute Gasteiger partial charge is 0.344 e. The van der Waals surface area contributed by atoms with E-state index in [-0.39, 0.29) is 12.5 Å². The van der Waals surface area contributed by atoms with Gasteiger partial charge in [0.15, 0.2) is 0 Å². The number of hydrogen-bond acceptors (Lipinski definition) is 6. The van der Waals surface area contributed by atoms with Gasteiger partial charge >= 0.3 is 6.03 Å². The predicted molar refractivity (Wildman–Crippen MR) is 158 cm³/mol. The Morgan fingerprint density at radius 3 is 2.17 bits per heavy atom. The lowest BCUT2D eigenvalue weighted by molar-refractivity contribution is -0.148. The van der Waals surface area contributed by atoms with Crippen molar-refractivity contribution in [3.63, 3.8) is 0 Å². The first kappa shape index (κ1) is 31.2. The molecule has 10 nitrogen and oxygen atoms in total. The van der Waals surface area contributed by atoms with Crippen LogP contribution in [0.2, 0.25) is 0 Å². The van der Waals surface area contributed by atoms with Gasteiger partial charge in [-0.2, -0.15) is 5.01 Å². The zero-order chi connectivity index (χ0) is 30.1. The van der Waals surface area contributed by atoms with Crippen molar-refractivity contribution < 1.29 is 24.0 Å². The minimum Gasteiger partial charge on any atom is -0.321 e. The second-order valence-electron chi connectivity index (χ2n) is 11.9. The van der Waals surface area contributed by atoms with E-state index in [1.165, 1.54) is 0 Å². The monoisotopic (exact) mass is 577 g/mol. The van der Waals surface area contributed by atoms with E-state index in [4.69, 9.17) is 4.84 Å². The molecule has 226 valence electrons. The van der Waals surface area contributed by atoms with Crippen LogP contribution in [-0.4, -0.2) is 59.3 Å². The summed E-state index contributed by atoms with van der Waals surface area (Å²) in [5, 5.41) is 3.63. The fraction of sp³-hybridized carbons (Fsp3) is 0.500. The molecule has 2 heterocycles. The first-order valence-electron chi connectivity index (χ1n) is 14.8. The van der Waals surface area contributed by atoms with E-state index < -0.39 is 41.1 Å². The van der Waals surface area contributed by atoms with Gasteiger partial charge in [0.1, 0.15) is 5.54 Å². The van der Waals surface area contributed by atoms with Gasteiger partial charge in [0, 0.05) is 13.1 Å². The maximum Gasteiger partial charge on any atom is 0.344 e. The Hall–Kier alpha value is -3.76. The Balaban J connectivity index is 1.48. The van der Waals surface area contributed by atoms with Crippen LogP contribution in [0.15, 0.2) is 60.7 Å². The maximum atomic E-state index is 13.8. The molecular formula is C32H43N5O5. The maximum absolute atomic E-state index is 13.8. The number of piperidine rings is 1. The first-order chi connectivity index (χ1) is 20.2. The molecule has 2 aromatic rings. The number of rotatable bonds is 13. The Morgan fingerprint density at radius 2 is 1.55 bits per heavy atom. The highest BCUT2D eigenvalue weighted by atomic mass is 16.6. The van der Waals surface area contributed by atoms with Gasteiger partial charge in [0.2, 0.25) is 11.8 Å². The van der Waals surface area contributed by atoms with Gasteiger partial charge in [0.25, 0.3) is 5.91 Å². The normalized spacial score (nSPS) is 18.1. The topological polar surface area (TPSA) is 120 Å². The highest BCUT2D eigenvalue weighted by Gasteiger charge is 2.53. The second-order valence-corrected chi connectivity index (χ2v) is 11.9. The van der Waals surface area contributed by atoms with Gasteiger partial charge in [-0.25, -0.2) is 10.3 Å². The Morgan fingerprint density at radius 1 is 0.929 bits per heavy atom. The van der Waals surface area contributed by atoms with Gasteiger partial charge in [-0.3, -0.25) is 24.6 Å². The molecule has 5 amide bonds. The number of hydrazine groups is 1. The summed E-state index contributed by atoms with van der Waals surface area (Å²) in [4.78, 5) is 61.3. The van der Waals surface area contributed by atoms with Crippen molar-refractivity contribution in [2.24, 2.45) is 17.8 Å². The molecule has 2 aliphatic heterocycles. The van der Waals surface area contributed by atoms with E-state index in [1.807, 2.05) is 81.6 Å². The molecule has 2 unspecified atom stereocenters. The number of imide groups is 1. The number of likely N-dealkylation sites (tertiary alicyclic amines) is 1. The third-order valence-electron chi connectivity index (χ3n) is 8.19. The average molecular weight is 578 g/mol. The number of hydrogen-bond donors (Lipinski definition) is 3. The molecule has 2 saturated heterocycles. The number of nitrogens with zero attached hydrogens (tertiary/aromatic N) is 2. The molecule has 4 rings (SSSR count). The van der Waals surface area contributed by atoms with E-state index in [2.05, 4.69) is 21.1 Å². The van der Waals surface area contributed by atoms with Gasteiger partial charge in [-0.15, -0.1) is 0 Å². The average Bonchev–Trinajstić information content (AvgIpc) is 3.20. The number of hydroxylamine groups is 1. The van der Waals surface area contributed by atoms with Crippen molar-refractivity contribution in [2.75, 3.05) is 20.1 Å². The fourth-order valence-electron chi connectivity index (χ4n) is 5.74. The van der Waals surface area contributed by atoms with Crippen LogP contribution in [0.3, 0.4) is 0 Å². The summed E-state index contributed by atoms with van der Waals surface area (Å²) in [5.74, 6) is -2.81.